The maximum Gasteiger partial charge on any atom is 0.313 e. The predicted octanol–water partition coefficient (Wildman–Crippen LogP) is 2.39. The van der Waals surface area contributed by atoms with E-state index < -0.39 is 23.3 Å². The normalized spacial score (nSPS) is 20.4. The van der Waals surface area contributed by atoms with Crippen molar-refractivity contribution in [3.63, 3.8) is 0 Å². The molecule has 0 aliphatic heterocycles. The van der Waals surface area contributed by atoms with Crippen molar-refractivity contribution in [2.75, 3.05) is 7.11 Å². The summed E-state index contributed by atoms with van der Waals surface area (Å²) in [5, 5.41) is 9.34. The number of carbonyl (C=O) groups excluding carboxylic acids is 1. The van der Waals surface area contributed by atoms with Gasteiger partial charge in [-0.1, -0.05) is 31.4 Å². The highest BCUT2D eigenvalue weighted by molar-refractivity contribution is 5.86. The molecule has 1 unspecified atom stereocenters. The van der Waals surface area contributed by atoms with Crippen LogP contribution in [-0.2, 0) is 14.3 Å². The Morgan fingerprint density at radius 3 is 2.18 bits per heavy atom. The van der Waals surface area contributed by atoms with Gasteiger partial charge in [-0.25, -0.2) is 0 Å². The second-order valence-corrected chi connectivity index (χ2v) is 4.83. The molecule has 0 bridgehead atoms. The lowest BCUT2D eigenvalue weighted by Crippen LogP contribution is -2.45. The predicted molar refractivity (Wildman–Crippen MR) is 63.5 cm³/mol. The second-order valence-electron chi connectivity index (χ2n) is 4.83. The molecule has 1 saturated carbocycles. The Kier molecular flexibility index (Phi) is 4.32. The fraction of sp³-hybridized carbons (Fsp3) is 0.692. The van der Waals surface area contributed by atoms with E-state index in [0.717, 1.165) is 19.3 Å². The van der Waals surface area contributed by atoms with Crippen LogP contribution in [0.5, 0.6) is 0 Å². The average Bonchev–Trinajstić information content (AvgIpc) is 2.28. The van der Waals surface area contributed by atoms with E-state index in [1.165, 1.54) is 7.11 Å². The first-order valence-corrected chi connectivity index (χ1v) is 5.92. The summed E-state index contributed by atoms with van der Waals surface area (Å²) in [5.41, 5.74) is -0.394. The SMILES string of the molecule is C=C(C)C(C(=O)O)C1(C(=O)OC)CCCCC1. The van der Waals surface area contributed by atoms with Crippen molar-refractivity contribution in [1.29, 1.82) is 0 Å². The van der Waals surface area contributed by atoms with Gasteiger partial charge in [0, 0.05) is 0 Å². The van der Waals surface area contributed by atoms with Gasteiger partial charge < -0.3 is 9.84 Å². The second kappa shape index (κ2) is 5.34. The van der Waals surface area contributed by atoms with Crippen molar-refractivity contribution in [3.05, 3.63) is 12.2 Å². The van der Waals surface area contributed by atoms with Crippen molar-refractivity contribution in [1.82, 2.24) is 0 Å². The molecule has 1 atom stereocenters. The van der Waals surface area contributed by atoms with Crippen molar-refractivity contribution in [2.24, 2.45) is 11.3 Å². The van der Waals surface area contributed by atoms with E-state index in [2.05, 4.69) is 6.58 Å². The third kappa shape index (κ3) is 2.51. The topological polar surface area (TPSA) is 63.6 Å². The number of carboxylic acids is 1. The van der Waals surface area contributed by atoms with E-state index in [0.29, 0.717) is 18.4 Å². The summed E-state index contributed by atoms with van der Waals surface area (Å²) in [6.45, 7) is 5.39. The Labute approximate surface area is 102 Å². The van der Waals surface area contributed by atoms with Crippen LogP contribution >= 0.6 is 0 Å². The van der Waals surface area contributed by atoms with Crippen LogP contribution in [0.3, 0.4) is 0 Å². The standard InChI is InChI=1S/C13H20O4/c1-9(2)10(11(14)15)13(12(16)17-3)7-5-4-6-8-13/h10H,1,4-8H2,2-3H3,(H,14,15). The molecule has 0 heterocycles. The molecule has 1 aliphatic rings. The van der Waals surface area contributed by atoms with Gasteiger partial charge in [0.05, 0.1) is 18.4 Å². The molecule has 0 aromatic heterocycles. The fourth-order valence-electron chi connectivity index (χ4n) is 2.92. The smallest absolute Gasteiger partial charge is 0.313 e. The van der Waals surface area contributed by atoms with E-state index in [9.17, 15) is 14.7 Å². The van der Waals surface area contributed by atoms with Gasteiger partial charge in [-0.2, -0.15) is 0 Å². The highest BCUT2D eigenvalue weighted by Crippen LogP contribution is 2.46. The summed E-state index contributed by atoms with van der Waals surface area (Å²) in [7, 11) is 1.32. The number of methoxy groups -OCH3 is 1. The molecule has 17 heavy (non-hydrogen) atoms. The largest absolute Gasteiger partial charge is 0.481 e. The van der Waals surface area contributed by atoms with Gasteiger partial charge in [0.25, 0.3) is 0 Å². The van der Waals surface area contributed by atoms with Crippen LogP contribution in [-0.4, -0.2) is 24.2 Å². The van der Waals surface area contributed by atoms with Gasteiger partial charge in [-0.05, 0) is 19.8 Å². The molecule has 4 heteroatoms. The minimum absolute atomic E-state index is 0.410. The third-order valence-electron chi connectivity index (χ3n) is 3.63. The molecule has 0 radical (unpaired) electrons. The lowest BCUT2D eigenvalue weighted by atomic mass is 9.64. The molecular formula is C13H20O4. The summed E-state index contributed by atoms with van der Waals surface area (Å²) < 4.78 is 4.83. The maximum absolute atomic E-state index is 12.0. The van der Waals surface area contributed by atoms with Crippen LogP contribution in [0.15, 0.2) is 12.2 Å². The highest BCUT2D eigenvalue weighted by atomic mass is 16.5. The minimum Gasteiger partial charge on any atom is -0.481 e. The minimum atomic E-state index is -0.982. The molecule has 1 N–H and O–H groups in total. The van der Waals surface area contributed by atoms with E-state index in [1.54, 1.807) is 6.92 Å². The van der Waals surface area contributed by atoms with Crippen molar-refractivity contribution >= 4 is 11.9 Å². The molecule has 0 amide bonds. The van der Waals surface area contributed by atoms with Crippen LogP contribution in [0, 0.1) is 11.3 Å². The Bertz CT molecular complexity index is 312. The van der Waals surface area contributed by atoms with Crippen molar-refractivity contribution in [3.8, 4) is 0 Å². The molecule has 0 saturated heterocycles. The summed E-state index contributed by atoms with van der Waals surface area (Å²) >= 11 is 0. The zero-order valence-electron chi connectivity index (χ0n) is 10.5. The summed E-state index contributed by atoms with van der Waals surface area (Å²) in [4.78, 5) is 23.4. The van der Waals surface area contributed by atoms with Gasteiger partial charge >= 0.3 is 11.9 Å². The average molecular weight is 240 g/mol. The molecule has 0 aromatic carbocycles. The van der Waals surface area contributed by atoms with Crippen LogP contribution in [0.1, 0.15) is 39.0 Å². The number of ether oxygens (including phenoxy) is 1. The van der Waals surface area contributed by atoms with Gasteiger partial charge in [-0.3, -0.25) is 9.59 Å². The zero-order chi connectivity index (χ0) is 13.1. The summed E-state index contributed by atoms with van der Waals surface area (Å²) in [6.07, 6.45) is 3.92. The van der Waals surface area contributed by atoms with E-state index >= 15 is 0 Å². The Morgan fingerprint density at radius 2 is 1.82 bits per heavy atom. The number of rotatable bonds is 4. The molecule has 4 nitrogen and oxygen atoms in total. The number of carbonyl (C=O) groups is 2. The van der Waals surface area contributed by atoms with Gasteiger partial charge in [0.15, 0.2) is 0 Å². The van der Waals surface area contributed by atoms with Crippen LogP contribution in [0.2, 0.25) is 0 Å². The molecule has 1 fully saturated rings. The van der Waals surface area contributed by atoms with Crippen LogP contribution in [0.25, 0.3) is 0 Å². The molecule has 96 valence electrons. The van der Waals surface area contributed by atoms with Gasteiger partial charge in [-0.15, -0.1) is 0 Å². The van der Waals surface area contributed by atoms with Gasteiger partial charge in [0.2, 0.25) is 0 Å². The molecule has 1 aliphatic carbocycles. The number of hydrogen-bond acceptors (Lipinski definition) is 3. The molecule has 1 rings (SSSR count). The first kappa shape index (κ1) is 13.7. The molecule has 0 aromatic rings. The highest BCUT2D eigenvalue weighted by Gasteiger charge is 2.50. The Morgan fingerprint density at radius 1 is 1.29 bits per heavy atom. The Hall–Kier alpha value is -1.32. The molecular weight excluding hydrogens is 220 g/mol. The number of aliphatic carboxylic acids is 1. The quantitative estimate of drug-likeness (QED) is 0.605. The molecule has 0 spiro atoms. The third-order valence-corrected chi connectivity index (χ3v) is 3.63. The summed E-state index contributed by atoms with van der Waals surface area (Å²) in [6, 6.07) is 0. The monoisotopic (exact) mass is 240 g/mol. The number of hydrogen-bond donors (Lipinski definition) is 1. The van der Waals surface area contributed by atoms with E-state index in [-0.39, 0.29) is 0 Å². The van der Waals surface area contributed by atoms with Crippen molar-refractivity contribution < 1.29 is 19.4 Å². The number of esters is 1. The lowest BCUT2D eigenvalue weighted by molar-refractivity contribution is -0.166. The Balaban J connectivity index is 3.15. The number of carboxylic acid groups (broad SMARTS) is 1. The zero-order valence-corrected chi connectivity index (χ0v) is 10.5. The van der Waals surface area contributed by atoms with Crippen molar-refractivity contribution in [2.45, 2.75) is 39.0 Å². The van der Waals surface area contributed by atoms with Crippen LogP contribution < -0.4 is 0 Å². The van der Waals surface area contributed by atoms with E-state index in [4.69, 9.17) is 4.74 Å². The first-order valence-electron chi connectivity index (χ1n) is 5.92. The van der Waals surface area contributed by atoms with Gasteiger partial charge in [0.1, 0.15) is 0 Å². The fourth-order valence-corrected chi connectivity index (χ4v) is 2.92. The first-order chi connectivity index (χ1) is 7.95. The summed E-state index contributed by atoms with van der Waals surface area (Å²) in [5.74, 6) is -2.23. The lowest BCUT2D eigenvalue weighted by Gasteiger charge is -2.39. The van der Waals surface area contributed by atoms with Crippen LogP contribution in [0.4, 0.5) is 0 Å². The van der Waals surface area contributed by atoms with E-state index in [1.807, 2.05) is 0 Å². The maximum atomic E-state index is 12.0.